The molecule has 8 heteroatoms. The number of tetrazole rings is 1. The number of aliphatic hydroxyl groups excluding tert-OH is 1. The summed E-state index contributed by atoms with van der Waals surface area (Å²) >= 11 is 0. The van der Waals surface area contributed by atoms with E-state index in [1.54, 1.807) is 0 Å². The third-order valence-corrected chi connectivity index (χ3v) is 7.87. The Morgan fingerprint density at radius 1 is 0.786 bits per heavy atom. The van der Waals surface area contributed by atoms with E-state index in [1.165, 1.54) is 16.7 Å². The Bertz CT molecular complexity index is 1610. The van der Waals surface area contributed by atoms with Crippen molar-refractivity contribution < 1.29 is 5.11 Å². The highest BCUT2D eigenvalue weighted by Crippen LogP contribution is 2.35. The number of β-amino-alcohol motifs (C(OH)–C–C–N with tert-alkyl or cyclic N) is 1. The number of nitrogens with zero attached hydrogens (tertiary/aromatic N) is 7. The van der Waals surface area contributed by atoms with E-state index in [4.69, 9.17) is 9.97 Å². The van der Waals surface area contributed by atoms with E-state index < -0.39 is 6.10 Å². The van der Waals surface area contributed by atoms with Crippen LogP contribution in [0.1, 0.15) is 47.5 Å². The standard InChI is InChI=1S/C34H37N7O/c1-24-12-16-27(17-13-24)32-33(28-18-14-25(2)15-19-28)36-34-30(35-32)21-29(42)23-40(34)20-8-4-7-11-31-37-38-39-41(31)22-26-9-5-3-6-10-26/h3,5-6,9-10,12-19,29,42H,4,7-8,11,20-23H2,1-2H3. The lowest BCUT2D eigenvalue weighted by Crippen LogP contribution is -2.40. The van der Waals surface area contributed by atoms with Gasteiger partial charge in [0.05, 0.1) is 29.7 Å². The van der Waals surface area contributed by atoms with Crippen molar-refractivity contribution in [1.29, 1.82) is 0 Å². The molecule has 0 radical (unpaired) electrons. The number of benzene rings is 3. The van der Waals surface area contributed by atoms with Crippen molar-refractivity contribution >= 4 is 5.82 Å². The lowest BCUT2D eigenvalue weighted by Gasteiger charge is -2.33. The number of unbranched alkanes of at least 4 members (excludes halogenated alkanes) is 2. The normalized spacial score (nSPS) is 14.6. The summed E-state index contributed by atoms with van der Waals surface area (Å²) in [4.78, 5) is 12.6. The fraction of sp³-hybridized carbons (Fsp3) is 0.324. The van der Waals surface area contributed by atoms with Crippen molar-refractivity contribution in [2.75, 3.05) is 18.0 Å². The Morgan fingerprint density at radius 2 is 1.45 bits per heavy atom. The van der Waals surface area contributed by atoms with Crippen LogP contribution in [0, 0.1) is 13.8 Å². The maximum atomic E-state index is 10.8. The highest BCUT2D eigenvalue weighted by Gasteiger charge is 2.28. The quantitative estimate of drug-likeness (QED) is 0.223. The van der Waals surface area contributed by atoms with Crippen LogP contribution >= 0.6 is 0 Å². The summed E-state index contributed by atoms with van der Waals surface area (Å²) in [5.74, 6) is 1.80. The first-order chi connectivity index (χ1) is 20.5. The van der Waals surface area contributed by atoms with Gasteiger partial charge in [-0.05, 0) is 42.7 Å². The van der Waals surface area contributed by atoms with Gasteiger partial charge in [-0.2, -0.15) is 0 Å². The van der Waals surface area contributed by atoms with Gasteiger partial charge in [-0.3, -0.25) is 0 Å². The number of aliphatic hydroxyl groups is 1. The molecular weight excluding hydrogens is 522 g/mol. The van der Waals surface area contributed by atoms with Crippen molar-refractivity contribution in [2.45, 2.75) is 58.6 Å². The van der Waals surface area contributed by atoms with Crippen LogP contribution in [0.2, 0.25) is 0 Å². The maximum absolute atomic E-state index is 10.8. The van der Waals surface area contributed by atoms with Gasteiger partial charge in [0.15, 0.2) is 11.6 Å². The fourth-order valence-corrected chi connectivity index (χ4v) is 5.55. The van der Waals surface area contributed by atoms with Gasteiger partial charge in [0.25, 0.3) is 0 Å². The van der Waals surface area contributed by atoms with E-state index in [-0.39, 0.29) is 0 Å². The monoisotopic (exact) mass is 559 g/mol. The molecule has 3 heterocycles. The zero-order valence-corrected chi connectivity index (χ0v) is 24.3. The summed E-state index contributed by atoms with van der Waals surface area (Å²) in [5, 5.41) is 23.1. The van der Waals surface area contributed by atoms with E-state index in [9.17, 15) is 5.11 Å². The minimum atomic E-state index is -0.467. The molecule has 0 saturated carbocycles. The number of hydrogen-bond acceptors (Lipinski definition) is 7. The lowest BCUT2D eigenvalue weighted by atomic mass is 10.00. The molecule has 0 amide bonds. The summed E-state index contributed by atoms with van der Waals surface area (Å²) in [5.41, 5.74) is 8.28. The van der Waals surface area contributed by atoms with Gasteiger partial charge in [0, 0.05) is 37.1 Å². The van der Waals surface area contributed by atoms with Crippen molar-refractivity contribution in [1.82, 2.24) is 30.2 Å². The highest BCUT2D eigenvalue weighted by atomic mass is 16.3. The SMILES string of the molecule is Cc1ccc(-c2nc3c(nc2-c2ccc(C)cc2)N(CCCCCc2nnnn2Cc2ccccc2)CC(O)C3)cc1. The third-order valence-electron chi connectivity index (χ3n) is 7.87. The van der Waals surface area contributed by atoms with Crippen LogP contribution in [0.3, 0.4) is 0 Å². The van der Waals surface area contributed by atoms with Crippen molar-refractivity contribution in [2.24, 2.45) is 0 Å². The topological polar surface area (TPSA) is 92.9 Å². The van der Waals surface area contributed by atoms with Gasteiger partial charge in [0.2, 0.25) is 0 Å². The number of anilines is 1. The molecule has 0 spiro atoms. The third kappa shape index (κ3) is 6.39. The smallest absolute Gasteiger partial charge is 0.151 e. The molecule has 1 aliphatic rings. The Balaban J connectivity index is 1.17. The van der Waals surface area contributed by atoms with Gasteiger partial charge in [-0.15, -0.1) is 5.10 Å². The van der Waals surface area contributed by atoms with E-state index in [0.717, 1.165) is 72.1 Å². The Labute approximate surface area is 247 Å². The average Bonchev–Trinajstić information content (AvgIpc) is 3.44. The minimum absolute atomic E-state index is 0.467. The van der Waals surface area contributed by atoms with Gasteiger partial charge >= 0.3 is 0 Å². The number of rotatable bonds is 10. The fourth-order valence-electron chi connectivity index (χ4n) is 5.55. The molecule has 1 aliphatic heterocycles. The van der Waals surface area contributed by atoms with Crippen LogP contribution in [0.25, 0.3) is 22.5 Å². The van der Waals surface area contributed by atoms with Gasteiger partial charge in [-0.1, -0.05) is 96.4 Å². The van der Waals surface area contributed by atoms with Crippen LogP contribution in [-0.2, 0) is 19.4 Å². The number of aryl methyl sites for hydroxylation is 3. The number of hydrogen-bond donors (Lipinski definition) is 1. The first kappa shape index (κ1) is 27.7. The zero-order chi connectivity index (χ0) is 28.9. The van der Waals surface area contributed by atoms with Crippen molar-refractivity contribution in [3.63, 3.8) is 0 Å². The molecule has 0 bridgehead atoms. The molecule has 3 aromatic carbocycles. The highest BCUT2D eigenvalue weighted by molar-refractivity contribution is 5.80. The Kier molecular flexibility index (Phi) is 8.33. The summed E-state index contributed by atoms with van der Waals surface area (Å²) in [6.45, 7) is 6.23. The molecule has 214 valence electrons. The number of fused-ring (bicyclic) bond motifs is 1. The van der Waals surface area contributed by atoms with Crippen LogP contribution in [-0.4, -0.2) is 54.5 Å². The van der Waals surface area contributed by atoms with E-state index in [0.29, 0.717) is 19.5 Å². The first-order valence-electron chi connectivity index (χ1n) is 14.8. The predicted octanol–water partition coefficient (Wildman–Crippen LogP) is 5.60. The zero-order valence-electron chi connectivity index (χ0n) is 24.3. The molecule has 0 saturated heterocycles. The molecule has 0 fully saturated rings. The van der Waals surface area contributed by atoms with Crippen LogP contribution in [0.4, 0.5) is 5.82 Å². The molecule has 1 unspecified atom stereocenters. The second-order valence-electron chi connectivity index (χ2n) is 11.3. The summed E-state index contributed by atoms with van der Waals surface area (Å²) in [7, 11) is 0. The van der Waals surface area contributed by atoms with Crippen LogP contribution in [0.15, 0.2) is 78.9 Å². The average molecular weight is 560 g/mol. The van der Waals surface area contributed by atoms with E-state index in [2.05, 4.69) is 94.9 Å². The van der Waals surface area contributed by atoms with Crippen LogP contribution < -0.4 is 4.90 Å². The van der Waals surface area contributed by atoms with Crippen LogP contribution in [0.5, 0.6) is 0 Å². The summed E-state index contributed by atoms with van der Waals surface area (Å²) in [6.07, 6.45) is 3.87. The summed E-state index contributed by atoms with van der Waals surface area (Å²) in [6, 6.07) is 27.2. The minimum Gasteiger partial charge on any atom is -0.391 e. The van der Waals surface area contributed by atoms with E-state index >= 15 is 0 Å². The molecule has 1 atom stereocenters. The molecule has 5 aromatic rings. The molecule has 42 heavy (non-hydrogen) atoms. The largest absolute Gasteiger partial charge is 0.391 e. The molecule has 8 nitrogen and oxygen atoms in total. The second-order valence-corrected chi connectivity index (χ2v) is 11.3. The number of aromatic nitrogens is 6. The van der Waals surface area contributed by atoms with Crippen molar-refractivity contribution in [3.05, 3.63) is 107 Å². The van der Waals surface area contributed by atoms with Crippen molar-refractivity contribution in [3.8, 4) is 22.5 Å². The first-order valence-corrected chi connectivity index (χ1v) is 14.8. The molecule has 1 N–H and O–H groups in total. The molecule has 6 rings (SSSR count). The molecule has 2 aromatic heterocycles. The molecular formula is C34H37N7O. The maximum Gasteiger partial charge on any atom is 0.151 e. The lowest BCUT2D eigenvalue weighted by molar-refractivity contribution is 0.173. The Hall–Kier alpha value is -4.43. The van der Waals surface area contributed by atoms with E-state index in [1.807, 2.05) is 22.9 Å². The molecule has 0 aliphatic carbocycles. The van der Waals surface area contributed by atoms with Gasteiger partial charge in [0.1, 0.15) is 0 Å². The Morgan fingerprint density at radius 3 is 2.14 bits per heavy atom. The second kappa shape index (κ2) is 12.6. The predicted molar refractivity (Wildman–Crippen MR) is 165 cm³/mol. The van der Waals surface area contributed by atoms with Gasteiger partial charge < -0.3 is 10.0 Å². The summed E-state index contributed by atoms with van der Waals surface area (Å²) < 4.78 is 1.89. The van der Waals surface area contributed by atoms with Gasteiger partial charge in [-0.25, -0.2) is 14.6 Å².